The summed E-state index contributed by atoms with van der Waals surface area (Å²) in [6.07, 6.45) is 3.99. The number of benzene rings is 2. The molecule has 0 aromatic heterocycles. The molecule has 7 nitrogen and oxygen atoms in total. The Balaban J connectivity index is 1.16. The highest BCUT2D eigenvalue weighted by atomic mass is 16.5. The molecule has 2 aromatic carbocycles. The molecule has 2 N–H and O–H groups in total. The molecule has 0 spiro atoms. The molecular formula is C28H32N2O5. The van der Waals surface area contributed by atoms with Gasteiger partial charge in [-0.2, -0.15) is 0 Å². The molecule has 184 valence electrons. The molecule has 35 heavy (non-hydrogen) atoms. The van der Waals surface area contributed by atoms with Crippen molar-refractivity contribution in [1.29, 1.82) is 0 Å². The van der Waals surface area contributed by atoms with Crippen LogP contribution < -0.4 is 5.32 Å². The minimum absolute atomic E-state index is 0.00953. The van der Waals surface area contributed by atoms with E-state index in [1.165, 1.54) is 22.3 Å². The summed E-state index contributed by atoms with van der Waals surface area (Å²) in [4.78, 5) is 38.6. The lowest BCUT2D eigenvalue weighted by atomic mass is 9.94. The van der Waals surface area contributed by atoms with Gasteiger partial charge in [-0.3, -0.25) is 9.59 Å². The number of rotatable bonds is 9. The predicted octanol–water partition coefficient (Wildman–Crippen LogP) is 4.41. The van der Waals surface area contributed by atoms with Crippen LogP contribution >= 0.6 is 0 Å². The zero-order valence-corrected chi connectivity index (χ0v) is 19.8. The minimum Gasteiger partial charge on any atom is -0.481 e. The van der Waals surface area contributed by atoms with Gasteiger partial charge in [-0.05, 0) is 53.9 Å². The number of carboxylic acids is 1. The Morgan fingerprint density at radius 1 is 0.943 bits per heavy atom. The normalized spacial score (nSPS) is 20.7. The van der Waals surface area contributed by atoms with Crippen LogP contribution in [-0.2, 0) is 14.3 Å². The van der Waals surface area contributed by atoms with Gasteiger partial charge in [-0.25, -0.2) is 4.79 Å². The third kappa shape index (κ3) is 5.04. The topological polar surface area (TPSA) is 95.9 Å². The Bertz CT molecular complexity index is 1070. The first kappa shape index (κ1) is 23.4. The molecule has 0 radical (unpaired) electrons. The largest absolute Gasteiger partial charge is 0.481 e. The molecule has 0 bridgehead atoms. The van der Waals surface area contributed by atoms with E-state index in [0.29, 0.717) is 6.54 Å². The maximum Gasteiger partial charge on any atom is 0.407 e. The standard InChI is InChI=1S/C28H32N2O5/c31-26(32)14-15-30(19-12-13-19)27(33)20-11-5-6-18(20)16-29-28(34)35-17-25-23-9-3-1-7-21(23)22-8-2-4-10-24(22)25/h1-4,7-10,18-20,25H,5-6,11-17H2,(H,29,34)(H,31,32). The Hall–Kier alpha value is -3.35. The van der Waals surface area contributed by atoms with Crippen LogP contribution in [-0.4, -0.2) is 53.7 Å². The number of hydrogen-bond acceptors (Lipinski definition) is 4. The van der Waals surface area contributed by atoms with Crippen molar-refractivity contribution in [3.8, 4) is 11.1 Å². The first-order valence-corrected chi connectivity index (χ1v) is 12.6. The van der Waals surface area contributed by atoms with Crippen molar-refractivity contribution in [1.82, 2.24) is 10.2 Å². The van der Waals surface area contributed by atoms with Crippen molar-refractivity contribution in [2.45, 2.75) is 50.5 Å². The van der Waals surface area contributed by atoms with Crippen LogP contribution in [0.4, 0.5) is 4.79 Å². The third-order valence-electron chi connectivity index (χ3n) is 7.67. The highest BCUT2D eigenvalue weighted by Gasteiger charge is 2.40. The van der Waals surface area contributed by atoms with Crippen molar-refractivity contribution in [2.75, 3.05) is 19.7 Å². The lowest BCUT2D eigenvalue weighted by Crippen LogP contribution is -2.42. The van der Waals surface area contributed by atoms with Gasteiger partial charge in [-0.15, -0.1) is 0 Å². The lowest BCUT2D eigenvalue weighted by Gasteiger charge is -2.28. The molecule has 2 fully saturated rings. The van der Waals surface area contributed by atoms with E-state index in [2.05, 4.69) is 29.6 Å². The van der Waals surface area contributed by atoms with E-state index in [1.54, 1.807) is 4.90 Å². The predicted molar refractivity (Wildman–Crippen MR) is 131 cm³/mol. The molecule has 0 aliphatic heterocycles. The van der Waals surface area contributed by atoms with Gasteiger partial charge < -0.3 is 20.1 Å². The second-order valence-electron chi connectivity index (χ2n) is 9.91. The summed E-state index contributed by atoms with van der Waals surface area (Å²) in [6, 6.07) is 16.6. The van der Waals surface area contributed by atoms with Gasteiger partial charge in [0.25, 0.3) is 0 Å². The first-order valence-electron chi connectivity index (χ1n) is 12.6. The molecule has 5 rings (SSSR count). The van der Waals surface area contributed by atoms with Gasteiger partial charge in [0.05, 0.1) is 6.42 Å². The van der Waals surface area contributed by atoms with Gasteiger partial charge in [0.1, 0.15) is 6.61 Å². The fourth-order valence-electron chi connectivity index (χ4n) is 5.76. The van der Waals surface area contributed by atoms with Crippen molar-refractivity contribution in [2.24, 2.45) is 11.8 Å². The van der Waals surface area contributed by atoms with Crippen molar-refractivity contribution < 1.29 is 24.2 Å². The fraction of sp³-hybridized carbons (Fsp3) is 0.464. The number of carbonyl (C=O) groups is 3. The number of carbonyl (C=O) groups excluding carboxylic acids is 2. The van der Waals surface area contributed by atoms with Crippen LogP contribution in [0.25, 0.3) is 11.1 Å². The Labute approximate surface area is 205 Å². The summed E-state index contributed by atoms with van der Waals surface area (Å²) in [6.45, 7) is 0.921. The van der Waals surface area contributed by atoms with Crippen LogP contribution in [0.1, 0.15) is 55.6 Å². The van der Waals surface area contributed by atoms with Crippen LogP contribution in [0, 0.1) is 11.8 Å². The highest BCUT2D eigenvalue weighted by Crippen LogP contribution is 2.44. The molecule has 7 heteroatoms. The molecular weight excluding hydrogens is 444 g/mol. The number of ether oxygens (including phenoxy) is 1. The molecule has 2 amide bonds. The van der Waals surface area contributed by atoms with Crippen LogP contribution in [0.2, 0.25) is 0 Å². The van der Waals surface area contributed by atoms with E-state index in [9.17, 15) is 14.4 Å². The molecule has 0 heterocycles. The molecule has 3 aliphatic carbocycles. The van der Waals surface area contributed by atoms with Gasteiger partial charge in [0, 0.05) is 31.0 Å². The summed E-state index contributed by atoms with van der Waals surface area (Å²) in [5, 5.41) is 11.9. The number of amides is 2. The molecule has 3 aliphatic rings. The van der Waals surface area contributed by atoms with Crippen LogP contribution in [0.3, 0.4) is 0 Å². The summed E-state index contributed by atoms with van der Waals surface area (Å²) >= 11 is 0. The zero-order valence-electron chi connectivity index (χ0n) is 19.8. The Morgan fingerprint density at radius 3 is 2.23 bits per heavy atom. The number of aliphatic carboxylic acids is 1. The maximum atomic E-state index is 13.2. The van der Waals surface area contributed by atoms with Gasteiger partial charge in [-0.1, -0.05) is 55.0 Å². The van der Waals surface area contributed by atoms with E-state index >= 15 is 0 Å². The van der Waals surface area contributed by atoms with E-state index in [1.807, 2.05) is 24.3 Å². The molecule has 2 aromatic rings. The summed E-state index contributed by atoms with van der Waals surface area (Å²) in [5.41, 5.74) is 4.72. The highest BCUT2D eigenvalue weighted by molar-refractivity contribution is 5.81. The minimum atomic E-state index is -0.886. The quantitative estimate of drug-likeness (QED) is 0.559. The fourth-order valence-corrected chi connectivity index (χ4v) is 5.76. The summed E-state index contributed by atoms with van der Waals surface area (Å²) in [7, 11) is 0. The average molecular weight is 477 g/mol. The third-order valence-corrected chi connectivity index (χ3v) is 7.67. The van der Waals surface area contributed by atoms with Gasteiger partial charge >= 0.3 is 12.1 Å². The number of fused-ring (bicyclic) bond motifs is 3. The van der Waals surface area contributed by atoms with E-state index in [0.717, 1.165) is 32.1 Å². The second kappa shape index (κ2) is 10.1. The van der Waals surface area contributed by atoms with Crippen molar-refractivity contribution in [3.05, 3.63) is 59.7 Å². The average Bonchev–Trinajstić information content (AvgIpc) is 3.49. The monoisotopic (exact) mass is 476 g/mol. The summed E-state index contributed by atoms with van der Waals surface area (Å²) in [5.74, 6) is -0.948. The zero-order chi connectivity index (χ0) is 24.4. The maximum absolute atomic E-state index is 13.2. The first-order chi connectivity index (χ1) is 17.0. The SMILES string of the molecule is O=C(O)CCN(C(=O)C1CCCC1CNC(=O)OCC1c2ccccc2-c2ccccc21)C1CC1. The number of hydrogen-bond donors (Lipinski definition) is 2. The molecule has 2 atom stereocenters. The molecule has 0 saturated heterocycles. The van der Waals surface area contributed by atoms with Crippen molar-refractivity contribution in [3.63, 3.8) is 0 Å². The molecule has 2 unspecified atom stereocenters. The number of carboxylic acid groups (broad SMARTS) is 1. The molecule has 2 saturated carbocycles. The van der Waals surface area contributed by atoms with E-state index in [-0.39, 0.29) is 49.3 Å². The number of nitrogens with zero attached hydrogens (tertiary/aromatic N) is 1. The Kier molecular flexibility index (Phi) is 6.75. The number of alkyl carbamates (subject to hydrolysis) is 1. The van der Waals surface area contributed by atoms with Gasteiger partial charge in [0.15, 0.2) is 0 Å². The Morgan fingerprint density at radius 2 is 1.60 bits per heavy atom. The number of nitrogens with one attached hydrogen (secondary N) is 1. The smallest absolute Gasteiger partial charge is 0.407 e. The van der Waals surface area contributed by atoms with Crippen LogP contribution in [0.5, 0.6) is 0 Å². The van der Waals surface area contributed by atoms with Crippen LogP contribution in [0.15, 0.2) is 48.5 Å². The second-order valence-corrected chi connectivity index (χ2v) is 9.91. The summed E-state index contributed by atoms with van der Waals surface area (Å²) < 4.78 is 5.65. The lowest BCUT2D eigenvalue weighted by molar-refractivity contribution is -0.140. The van der Waals surface area contributed by atoms with Crippen molar-refractivity contribution >= 4 is 18.0 Å². The van der Waals surface area contributed by atoms with E-state index in [4.69, 9.17) is 9.84 Å². The van der Waals surface area contributed by atoms with Gasteiger partial charge in [0.2, 0.25) is 5.91 Å². The van der Waals surface area contributed by atoms with E-state index < -0.39 is 12.1 Å².